The molecular formula is C21H14ClNO2S2. The van der Waals surface area contributed by atoms with Gasteiger partial charge in [-0.15, -0.1) is 0 Å². The zero-order chi connectivity index (χ0) is 18.8. The van der Waals surface area contributed by atoms with E-state index in [1.54, 1.807) is 11.0 Å². The lowest BCUT2D eigenvalue weighted by Gasteiger charge is -2.14. The third-order valence-corrected chi connectivity index (χ3v) is 5.72. The van der Waals surface area contributed by atoms with Crippen LogP contribution in [-0.4, -0.2) is 15.1 Å². The van der Waals surface area contributed by atoms with Crippen LogP contribution in [0.4, 0.5) is 0 Å². The fourth-order valence-corrected chi connectivity index (χ4v) is 4.09. The summed E-state index contributed by atoms with van der Waals surface area (Å²) >= 11 is 12.6. The van der Waals surface area contributed by atoms with Gasteiger partial charge in [-0.2, -0.15) is 0 Å². The zero-order valence-corrected chi connectivity index (χ0v) is 16.5. The summed E-state index contributed by atoms with van der Waals surface area (Å²) in [6.07, 6.45) is 1.74. The van der Waals surface area contributed by atoms with Crippen LogP contribution in [0, 0.1) is 0 Å². The molecule has 1 fully saturated rings. The van der Waals surface area contributed by atoms with Gasteiger partial charge in [-0.1, -0.05) is 65.9 Å². The zero-order valence-electron chi connectivity index (χ0n) is 14.1. The van der Waals surface area contributed by atoms with Crippen molar-refractivity contribution in [3.8, 4) is 11.3 Å². The van der Waals surface area contributed by atoms with Crippen molar-refractivity contribution < 1.29 is 9.21 Å². The minimum absolute atomic E-state index is 0.0988. The van der Waals surface area contributed by atoms with Gasteiger partial charge in [-0.3, -0.25) is 9.69 Å². The second kappa shape index (κ2) is 7.72. The highest BCUT2D eigenvalue weighted by Crippen LogP contribution is 2.34. The van der Waals surface area contributed by atoms with Gasteiger partial charge in [0.25, 0.3) is 5.91 Å². The van der Waals surface area contributed by atoms with Gasteiger partial charge in [0, 0.05) is 16.7 Å². The number of hydrogen-bond donors (Lipinski definition) is 0. The predicted molar refractivity (Wildman–Crippen MR) is 114 cm³/mol. The minimum Gasteiger partial charge on any atom is -0.457 e. The summed E-state index contributed by atoms with van der Waals surface area (Å²) in [6, 6.07) is 20.9. The van der Waals surface area contributed by atoms with Crippen molar-refractivity contribution in [2.24, 2.45) is 0 Å². The van der Waals surface area contributed by atoms with Gasteiger partial charge in [0.05, 0.1) is 11.4 Å². The number of furan rings is 1. The number of carbonyl (C=O) groups excluding carboxylic acids is 1. The molecule has 2 heterocycles. The molecule has 134 valence electrons. The summed E-state index contributed by atoms with van der Waals surface area (Å²) in [6.45, 7) is 0.469. The van der Waals surface area contributed by atoms with Crippen LogP contribution < -0.4 is 0 Å². The van der Waals surface area contributed by atoms with Crippen molar-refractivity contribution in [2.45, 2.75) is 6.54 Å². The molecule has 1 amide bonds. The first-order chi connectivity index (χ1) is 13.1. The summed E-state index contributed by atoms with van der Waals surface area (Å²) in [4.78, 5) is 14.9. The number of benzene rings is 2. The molecule has 1 saturated heterocycles. The van der Waals surface area contributed by atoms with Crippen molar-refractivity contribution >= 4 is 51.9 Å². The molecule has 1 aliphatic heterocycles. The van der Waals surface area contributed by atoms with E-state index in [2.05, 4.69) is 0 Å². The average molecular weight is 412 g/mol. The van der Waals surface area contributed by atoms with Gasteiger partial charge in [0.15, 0.2) is 0 Å². The van der Waals surface area contributed by atoms with Crippen molar-refractivity contribution in [2.75, 3.05) is 0 Å². The van der Waals surface area contributed by atoms with Crippen LogP contribution in [0.2, 0.25) is 5.02 Å². The average Bonchev–Trinajstić information content (AvgIpc) is 3.24. The highest BCUT2D eigenvalue weighted by atomic mass is 35.5. The number of halogens is 1. The van der Waals surface area contributed by atoms with E-state index < -0.39 is 0 Å². The predicted octanol–water partition coefficient (Wildman–Crippen LogP) is 6.00. The Balaban J connectivity index is 1.53. The van der Waals surface area contributed by atoms with Crippen molar-refractivity contribution in [1.29, 1.82) is 0 Å². The number of hydrogen-bond acceptors (Lipinski definition) is 4. The summed E-state index contributed by atoms with van der Waals surface area (Å²) < 4.78 is 6.42. The minimum atomic E-state index is -0.0988. The Bertz CT molecular complexity index is 1030. The molecular weight excluding hydrogens is 398 g/mol. The van der Waals surface area contributed by atoms with Gasteiger partial charge in [-0.25, -0.2) is 0 Å². The Morgan fingerprint density at radius 1 is 1.04 bits per heavy atom. The van der Waals surface area contributed by atoms with E-state index in [4.69, 9.17) is 28.2 Å². The first kappa shape index (κ1) is 18.0. The fourth-order valence-electron chi connectivity index (χ4n) is 2.73. The largest absolute Gasteiger partial charge is 0.457 e. The molecule has 2 aromatic carbocycles. The molecule has 4 rings (SSSR count). The first-order valence-corrected chi connectivity index (χ1v) is 9.85. The second-order valence-electron chi connectivity index (χ2n) is 5.96. The molecule has 6 heteroatoms. The number of thiocarbonyl (C=S) groups is 1. The third-order valence-electron chi connectivity index (χ3n) is 4.09. The van der Waals surface area contributed by atoms with Crippen molar-refractivity contribution in [3.05, 3.63) is 88.0 Å². The Kier molecular flexibility index (Phi) is 5.16. The molecule has 0 radical (unpaired) electrons. The van der Waals surface area contributed by atoms with E-state index in [1.165, 1.54) is 11.8 Å². The summed E-state index contributed by atoms with van der Waals surface area (Å²) in [7, 11) is 0. The topological polar surface area (TPSA) is 33.5 Å². The summed E-state index contributed by atoms with van der Waals surface area (Å²) in [5, 5.41) is 0.674. The quantitative estimate of drug-likeness (QED) is 0.389. The normalized spacial score (nSPS) is 15.7. The fraction of sp³-hybridized carbons (Fsp3) is 0.0476. The van der Waals surface area contributed by atoms with Crippen molar-refractivity contribution in [3.63, 3.8) is 0 Å². The van der Waals surface area contributed by atoms with E-state index in [0.29, 0.717) is 26.6 Å². The number of carbonyl (C=O) groups is 1. The molecule has 0 bridgehead atoms. The summed E-state index contributed by atoms with van der Waals surface area (Å²) in [5.41, 5.74) is 1.97. The highest BCUT2D eigenvalue weighted by Gasteiger charge is 2.32. The first-order valence-electron chi connectivity index (χ1n) is 8.25. The van der Waals surface area contributed by atoms with Gasteiger partial charge in [0.2, 0.25) is 0 Å². The molecule has 0 N–H and O–H groups in total. The second-order valence-corrected chi connectivity index (χ2v) is 8.07. The Morgan fingerprint density at radius 2 is 1.78 bits per heavy atom. The molecule has 27 heavy (non-hydrogen) atoms. The third kappa shape index (κ3) is 4.00. The van der Waals surface area contributed by atoms with Crippen LogP contribution in [0.3, 0.4) is 0 Å². The molecule has 1 aromatic heterocycles. The van der Waals surface area contributed by atoms with E-state index in [0.717, 1.165) is 16.9 Å². The highest BCUT2D eigenvalue weighted by molar-refractivity contribution is 8.26. The lowest BCUT2D eigenvalue weighted by Crippen LogP contribution is -2.27. The van der Waals surface area contributed by atoms with Crippen LogP contribution in [0.1, 0.15) is 11.3 Å². The molecule has 3 aromatic rings. The van der Waals surface area contributed by atoms with Gasteiger partial charge < -0.3 is 4.42 Å². The lowest BCUT2D eigenvalue weighted by atomic mass is 10.2. The smallest absolute Gasteiger partial charge is 0.266 e. The van der Waals surface area contributed by atoms with Crippen molar-refractivity contribution in [1.82, 2.24) is 4.90 Å². The maximum atomic E-state index is 12.7. The number of amides is 1. The molecule has 0 unspecified atom stereocenters. The van der Waals surface area contributed by atoms with Gasteiger partial charge >= 0.3 is 0 Å². The monoisotopic (exact) mass is 411 g/mol. The number of rotatable bonds is 4. The molecule has 0 atom stereocenters. The van der Waals surface area contributed by atoms with E-state index in [-0.39, 0.29) is 5.91 Å². The summed E-state index contributed by atoms with van der Waals surface area (Å²) in [5.74, 6) is 1.23. The van der Waals surface area contributed by atoms with E-state index in [1.807, 2.05) is 66.7 Å². The maximum Gasteiger partial charge on any atom is 0.266 e. The SMILES string of the molecule is O=C1C(=Cc2ccc(-c3ccc(Cl)cc3)o2)SC(=S)N1Cc1ccccc1. The molecule has 1 aliphatic rings. The Hall–Kier alpha value is -2.34. The molecule has 0 aliphatic carbocycles. The Labute approximate surface area is 171 Å². The maximum absolute atomic E-state index is 12.7. The van der Waals surface area contributed by atoms with Crippen LogP contribution in [0.15, 0.2) is 76.1 Å². The number of nitrogens with zero attached hydrogens (tertiary/aromatic N) is 1. The molecule has 0 spiro atoms. The van der Waals surface area contributed by atoms with E-state index in [9.17, 15) is 4.79 Å². The van der Waals surface area contributed by atoms with Crippen LogP contribution in [-0.2, 0) is 11.3 Å². The number of thioether (sulfide) groups is 1. The van der Waals surface area contributed by atoms with Gasteiger partial charge in [0.1, 0.15) is 15.8 Å². The standard InChI is InChI=1S/C21H14ClNO2S2/c22-16-8-6-15(7-9-16)18-11-10-17(25-18)12-19-20(24)23(21(26)27-19)13-14-4-2-1-3-5-14/h1-12H,13H2. The molecule has 3 nitrogen and oxygen atoms in total. The van der Waals surface area contributed by atoms with E-state index >= 15 is 0 Å². The lowest BCUT2D eigenvalue weighted by molar-refractivity contribution is -0.122. The Morgan fingerprint density at radius 3 is 2.52 bits per heavy atom. The molecule has 0 saturated carbocycles. The van der Waals surface area contributed by atoms with Crippen LogP contribution >= 0.6 is 35.6 Å². The van der Waals surface area contributed by atoms with Gasteiger partial charge in [-0.05, 0) is 42.0 Å². The van der Waals surface area contributed by atoms with Crippen LogP contribution in [0.5, 0.6) is 0 Å². The van der Waals surface area contributed by atoms with Crippen LogP contribution in [0.25, 0.3) is 17.4 Å².